The molecular formula is C12H12BrN3OS. The monoisotopic (exact) mass is 325 g/mol. The molecule has 1 atom stereocenters. The van der Waals surface area contributed by atoms with Gasteiger partial charge in [0.25, 0.3) is 0 Å². The van der Waals surface area contributed by atoms with Crippen molar-refractivity contribution in [3.05, 3.63) is 34.6 Å². The largest absolute Gasteiger partial charge is 0.337 e. The molecule has 1 aliphatic rings. The third-order valence-corrected chi connectivity index (χ3v) is 4.30. The van der Waals surface area contributed by atoms with Crippen LogP contribution in [0.4, 0.5) is 0 Å². The summed E-state index contributed by atoms with van der Waals surface area (Å²) in [4.78, 5) is 4.47. The van der Waals surface area contributed by atoms with E-state index in [9.17, 15) is 0 Å². The van der Waals surface area contributed by atoms with Crippen LogP contribution in [-0.4, -0.2) is 28.2 Å². The highest BCUT2D eigenvalue weighted by atomic mass is 79.9. The number of benzene rings is 1. The van der Waals surface area contributed by atoms with Crippen molar-refractivity contribution in [2.45, 2.75) is 6.04 Å². The van der Waals surface area contributed by atoms with Crippen LogP contribution < -0.4 is 5.32 Å². The van der Waals surface area contributed by atoms with Crippen LogP contribution >= 0.6 is 27.7 Å². The molecule has 1 aliphatic heterocycles. The van der Waals surface area contributed by atoms with Crippen LogP contribution in [0.1, 0.15) is 11.9 Å². The van der Waals surface area contributed by atoms with Crippen molar-refractivity contribution >= 4 is 27.7 Å². The minimum atomic E-state index is 0.178. The molecule has 0 spiro atoms. The summed E-state index contributed by atoms with van der Waals surface area (Å²) in [6.07, 6.45) is 0. The lowest BCUT2D eigenvalue weighted by atomic mass is 10.2. The summed E-state index contributed by atoms with van der Waals surface area (Å²) < 4.78 is 6.36. The van der Waals surface area contributed by atoms with E-state index in [1.807, 2.05) is 36.0 Å². The summed E-state index contributed by atoms with van der Waals surface area (Å²) in [6.45, 7) is 0.990. The van der Waals surface area contributed by atoms with Crippen molar-refractivity contribution in [1.29, 1.82) is 0 Å². The number of aromatic nitrogens is 2. The predicted octanol–water partition coefficient (Wildman–Crippen LogP) is 2.88. The number of nitrogens with zero attached hydrogens (tertiary/aromatic N) is 2. The molecule has 0 saturated carbocycles. The first-order chi connectivity index (χ1) is 8.83. The Bertz CT molecular complexity index is 540. The number of rotatable bonds is 2. The molecule has 0 aliphatic carbocycles. The average molecular weight is 326 g/mol. The Morgan fingerprint density at radius 1 is 1.44 bits per heavy atom. The van der Waals surface area contributed by atoms with Crippen LogP contribution in [0.15, 0.2) is 33.3 Å². The van der Waals surface area contributed by atoms with Gasteiger partial charge in [0.15, 0.2) is 0 Å². The molecular weight excluding hydrogens is 314 g/mol. The molecule has 1 fully saturated rings. The summed E-state index contributed by atoms with van der Waals surface area (Å²) in [5.41, 5.74) is 0.961. The minimum absolute atomic E-state index is 0.178. The fraction of sp³-hybridized carbons (Fsp3) is 0.333. The maximum Gasteiger partial charge on any atom is 0.244 e. The van der Waals surface area contributed by atoms with Crippen molar-refractivity contribution in [3.8, 4) is 11.4 Å². The molecule has 2 heterocycles. The first kappa shape index (κ1) is 12.2. The topological polar surface area (TPSA) is 51.0 Å². The van der Waals surface area contributed by atoms with Crippen molar-refractivity contribution in [3.63, 3.8) is 0 Å². The van der Waals surface area contributed by atoms with Gasteiger partial charge in [-0.3, -0.25) is 0 Å². The van der Waals surface area contributed by atoms with E-state index in [0.29, 0.717) is 11.7 Å². The third kappa shape index (κ3) is 2.60. The number of hydrogen-bond acceptors (Lipinski definition) is 5. The van der Waals surface area contributed by atoms with Gasteiger partial charge in [-0.25, -0.2) is 0 Å². The Balaban J connectivity index is 1.84. The summed E-state index contributed by atoms with van der Waals surface area (Å²) in [7, 11) is 0. The number of hydrogen-bond donors (Lipinski definition) is 1. The first-order valence-electron chi connectivity index (χ1n) is 5.73. The van der Waals surface area contributed by atoms with Crippen LogP contribution in [0.25, 0.3) is 11.4 Å². The lowest BCUT2D eigenvalue weighted by molar-refractivity contribution is 0.342. The maximum absolute atomic E-state index is 5.35. The van der Waals surface area contributed by atoms with Gasteiger partial charge in [0, 0.05) is 28.1 Å². The van der Waals surface area contributed by atoms with Gasteiger partial charge in [-0.1, -0.05) is 33.2 Å². The van der Waals surface area contributed by atoms with Crippen molar-refractivity contribution in [2.75, 3.05) is 18.1 Å². The van der Waals surface area contributed by atoms with E-state index in [1.54, 1.807) is 0 Å². The van der Waals surface area contributed by atoms with E-state index in [-0.39, 0.29) is 6.04 Å². The highest BCUT2D eigenvalue weighted by Crippen LogP contribution is 2.24. The summed E-state index contributed by atoms with van der Waals surface area (Å²) >= 11 is 5.35. The van der Waals surface area contributed by atoms with Gasteiger partial charge < -0.3 is 9.84 Å². The molecule has 1 aromatic heterocycles. The smallest absolute Gasteiger partial charge is 0.244 e. The van der Waals surface area contributed by atoms with Crippen LogP contribution in [0.2, 0.25) is 0 Å². The molecule has 1 unspecified atom stereocenters. The molecule has 2 aromatic rings. The van der Waals surface area contributed by atoms with E-state index >= 15 is 0 Å². The zero-order chi connectivity index (χ0) is 12.4. The van der Waals surface area contributed by atoms with Gasteiger partial charge >= 0.3 is 0 Å². The molecule has 3 rings (SSSR count). The zero-order valence-corrected chi connectivity index (χ0v) is 12.0. The number of halogens is 1. The molecule has 94 valence electrons. The Labute approximate surface area is 118 Å². The molecule has 6 heteroatoms. The van der Waals surface area contributed by atoms with Gasteiger partial charge in [-0.05, 0) is 12.1 Å². The van der Waals surface area contributed by atoms with Crippen LogP contribution in [-0.2, 0) is 0 Å². The van der Waals surface area contributed by atoms with Crippen LogP contribution in [0.3, 0.4) is 0 Å². The lowest BCUT2D eigenvalue weighted by Crippen LogP contribution is -2.30. The van der Waals surface area contributed by atoms with E-state index in [0.717, 1.165) is 28.1 Å². The Morgan fingerprint density at radius 2 is 2.39 bits per heavy atom. The van der Waals surface area contributed by atoms with E-state index in [4.69, 9.17) is 4.52 Å². The predicted molar refractivity (Wildman–Crippen MR) is 75.5 cm³/mol. The first-order valence-corrected chi connectivity index (χ1v) is 7.68. The quantitative estimate of drug-likeness (QED) is 0.920. The second-order valence-corrected chi connectivity index (χ2v) is 6.11. The third-order valence-electron chi connectivity index (χ3n) is 2.74. The molecule has 0 bridgehead atoms. The fourth-order valence-corrected chi connectivity index (χ4v) is 3.17. The maximum atomic E-state index is 5.35. The minimum Gasteiger partial charge on any atom is -0.337 e. The standard InChI is InChI=1S/C12H12BrN3OS/c13-9-3-1-2-8(6-9)11-15-12(17-16-11)10-7-18-5-4-14-10/h1-3,6,10,14H,4-5,7H2. The number of nitrogens with one attached hydrogen (secondary N) is 1. The second kappa shape index (κ2) is 5.42. The Morgan fingerprint density at radius 3 is 3.17 bits per heavy atom. The summed E-state index contributed by atoms with van der Waals surface area (Å²) in [5, 5.41) is 7.43. The number of thioether (sulfide) groups is 1. The van der Waals surface area contributed by atoms with Crippen LogP contribution in [0.5, 0.6) is 0 Å². The van der Waals surface area contributed by atoms with Gasteiger partial charge in [0.1, 0.15) is 0 Å². The summed E-state index contributed by atoms with van der Waals surface area (Å²) in [6, 6.07) is 8.07. The van der Waals surface area contributed by atoms with E-state index in [2.05, 4.69) is 31.4 Å². The Hall–Kier alpha value is -0.850. The van der Waals surface area contributed by atoms with Gasteiger partial charge in [0.2, 0.25) is 11.7 Å². The van der Waals surface area contributed by atoms with E-state index in [1.165, 1.54) is 0 Å². The fourth-order valence-electron chi connectivity index (χ4n) is 1.85. The molecule has 1 saturated heterocycles. The lowest BCUT2D eigenvalue weighted by Gasteiger charge is -2.19. The molecule has 1 aromatic carbocycles. The Kier molecular flexibility index (Phi) is 3.67. The van der Waals surface area contributed by atoms with Gasteiger partial charge in [-0.15, -0.1) is 0 Å². The van der Waals surface area contributed by atoms with Crippen molar-refractivity contribution in [1.82, 2.24) is 15.5 Å². The van der Waals surface area contributed by atoms with Gasteiger partial charge in [0.05, 0.1) is 6.04 Å². The summed E-state index contributed by atoms with van der Waals surface area (Å²) in [5.74, 6) is 3.45. The highest BCUT2D eigenvalue weighted by Gasteiger charge is 2.21. The molecule has 0 radical (unpaired) electrons. The van der Waals surface area contributed by atoms with E-state index < -0.39 is 0 Å². The van der Waals surface area contributed by atoms with Crippen LogP contribution in [0, 0.1) is 0 Å². The van der Waals surface area contributed by atoms with Crippen molar-refractivity contribution in [2.24, 2.45) is 0 Å². The average Bonchev–Trinajstić information content (AvgIpc) is 2.89. The zero-order valence-electron chi connectivity index (χ0n) is 9.60. The molecule has 1 N–H and O–H groups in total. The van der Waals surface area contributed by atoms with Gasteiger partial charge in [-0.2, -0.15) is 16.7 Å². The molecule has 0 amide bonds. The molecule has 4 nitrogen and oxygen atoms in total. The van der Waals surface area contributed by atoms with Crippen molar-refractivity contribution < 1.29 is 4.52 Å². The normalized spacial score (nSPS) is 19.9. The SMILES string of the molecule is Brc1cccc(-c2noc(C3CSCCN3)n2)c1. The highest BCUT2D eigenvalue weighted by molar-refractivity contribution is 9.10. The molecule has 18 heavy (non-hydrogen) atoms. The second-order valence-electron chi connectivity index (χ2n) is 4.05.